The van der Waals surface area contributed by atoms with E-state index in [1.807, 2.05) is 5.01 Å². The second-order valence-electron chi connectivity index (χ2n) is 3.20. The van der Waals surface area contributed by atoms with E-state index in [2.05, 4.69) is 20.8 Å². The average molecular weight is 158 g/mol. The van der Waals surface area contributed by atoms with Gasteiger partial charge in [-0.25, -0.2) is 5.01 Å². The Kier molecular flexibility index (Phi) is 6.57. The zero-order chi connectivity index (χ0) is 8.69. The number of unbranched alkanes of at least 4 members (excludes halogenated alkanes) is 2. The van der Waals surface area contributed by atoms with Crippen molar-refractivity contribution in [3.05, 3.63) is 0 Å². The molecule has 0 fully saturated rings. The third kappa shape index (κ3) is 5.22. The van der Waals surface area contributed by atoms with E-state index in [1.54, 1.807) is 0 Å². The summed E-state index contributed by atoms with van der Waals surface area (Å²) in [5.74, 6) is 5.80. The minimum Gasteiger partial charge on any atom is -0.269 e. The van der Waals surface area contributed by atoms with Crippen molar-refractivity contribution in [1.82, 2.24) is 5.01 Å². The van der Waals surface area contributed by atoms with Crippen molar-refractivity contribution in [2.45, 2.75) is 52.5 Å². The Balaban J connectivity index is 3.28. The number of hydrogen-bond donors (Lipinski definition) is 1. The van der Waals surface area contributed by atoms with Gasteiger partial charge in [0.1, 0.15) is 0 Å². The molecular weight excluding hydrogens is 136 g/mol. The molecule has 0 heterocycles. The first-order valence-corrected chi connectivity index (χ1v) is 4.73. The first kappa shape index (κ1) is 10.9. The predicted octanol–water partition coefficient (Wildman–Crippen LogP) is 2.15. The fraction of sp³-hybridized carbons (Fsp3) is 1.00. The molecular formula is C9H22N2. The molecule has 68 valence electrons. The molecule has 0 spiro atoms. The third-order valence-corrected chi connectivity index (χ3v) is 2.18. The first-order chi connectivity index (χ1) is 5.22. The van der Waals surface area contributed by atoms with Crippen molar-refractivity contribution >= 4 is 0 Å². The lowest BCUT2D eigenvalue weighted by Gasteiger charge is -2.22. The molecule has 0 aliphatic heterocycles. The Morgan fingerprint density at radius 2 is 1.91 bits per heavy atom. The summed E-state index contributed by atoms with van der Waals surface area (Å²) in [6.07, 6.45) is 4.94. The van der Waals surface area contributed by atoms with Crippen LogP contribution in [-0.4, -0.2) is 17.6 Å². The maximum atomic E-state index is 5.80. The molecule has 0 aromatic carbocycles. The predicted molar refractivity (Wildman–Crippen MR) is 50.2 cm³/mol. The minimum absolute atomic E-state index is 0.534. The molecule has 0 bridgehead atoms. The fourth-order valence-electron chi connectivity index (χ4n) is 0.999. The quantitative estimate of drug-likeness (QED) is 0.364. The van der Waals surface area contributed by atoms with Gasteiger partial charge < -0.3 is 0 Å². The maximum Gasteiger partial charge on any atom is 0.0210 e. The van der Waals surface area contributed by atoms with E-state index in [0.29, 0.717) is 6.04 Å². The SMILES string of the molecule is CCCCCN(N)C(C)CC. The van der Waals surface area contributed by atoms with Gasteiger partial charge in [0, 0.05) is 12.6 Å². The van der Waals surface area contributed by atoms with Crippen molar-refractivity contribution in [1.29, 1.82) is 0 Å². The molecule has 2 heteroatoms. The van der Waals surface area contributed by atoms with Crippen LogP contribution in [0.25, 0.3) is 0 Å². The average Bonchev–Trinajstić information content (AvgIpc) is 2.03. The van der Waals surface area contributed by atoms with Crippen LogP contribution in [0.1, 0.15) is 46.5 Å². The van der Waals surface area contributed by atoms with Crippen molar-refractivity contribution in [3.63, 3.8) is 0 Å². The lowest BCUT2D eigenvalue weighted by Crippen LogP contribution is -2.39. The molecule has 0 aromatic heterocycles. The Labute approximate surface area is 70.7 Å². The van der Waals surface area contributed by atoms with E-state index in [9.17, 15) is 0 Å². The molecule has 0 amide bonds. The highest BCUT2D eigenvalue weighted by atomic mass is 15.4. The zero-order valence-corrected chi connectivity index (χ0v) is 8.14. The summed E-state index contributed by atoms with van der Waals surface area (Å²) in [6, 6.07) is 0.534. The second-order valence-corrected chi connectivity index (χ2v) is 3.20. The van der Waals surface area contributed by atoms with Crippen LogP contribution in [-0.2, 0) is 0 Å². The number of nitrogens with two attached hydrogens (primary N) is 1. The van der Waals surface area contributed by atoms with Gasteiger partial charge in [0.25, 0.3) is 0 Å². The summed E-state index contributed by atoms with van der Waals surface area (Å²) in [7, 11) is 0. The highest BCUT2D eigenvalue weighted by Crippen LogP contribution is 2.01. The third-order valence-electron chi connectivity index (χ3n) is 2.18. The van der Waals surface area contributed by atoms with Gasteiger partial charge in [0.05, 0.1) is 0 Å². The van der Waals surface area contributed by atoms with Crippen LogP contribution >= 0.6 is 0 Å². The number of hydrazine groups is 1. The number of nitrogens with zero attached hydrogens (tertiary/aromatic N) is 1. The normalized spacial score (nSPS) is 13.9. The highest BCUT2D eigenvalue weighted by molar-refractivity contribution is 4.58. The van der Waals surface area contributed by atoms with Gasteiger partial charge in [-0.05, 0) is 19.8 Å². The van der Waals surface area contributed by atoms with Crippen molar-refractivity contribution in [2.75, 3.05) is 6.54 Å². The molecule has 0 saturated heterocycles. The zero-order valence-electron chi connectivity index (χ0n) is 8.14. The van der Waals surface area contributed by atoms with Crippen LogP contribution in [0.4, 0.5) is 0 Å². The van der Waals surface area contributed by atoms with E-state index in [-0.39, 0.29) is 0 Å². The minimum atomic E-state index is 0.534. The summed E-state index contributed by atoms with van der Waals surface area (Å²) < 4.78 is 0. The summed E-state index contributed by atoms with van der Waals surface area (Å²) in [4.78, 5) is 0. The van der Waals surface area contributed by atoms with Crippen LogP contribution in [0.15, 0.2) is 0 Å². The molecule has 2 N–H and O–H groups in total. The van der Waals surface area contributed by atoms with Crippen LogP contribution in [0.3, 0.4) is 0 Å². The summed E-state index contributed by atoms with van der Waals surface area (Å²) in [6.45, 7) is 7.60. The van der Waals surface area contributed by atoms with Gasteiger partial charge in [-0.1, -0.05) is 26.7 Å². The van der Waals surface area contributed by atoms with E-state index in [4.69, 9.17) is 5.84 Å². The molecule has 1 unspecified atom stereocenters. The summed E-state index contributed by atoms with van der Waals surface area (Å²) in [5.41, 5.74) is 0. The Morgan fingerprint density at radius 1 is 1.27 bits per heavy atom. The number of rotatable bonds is 6. The molecule has 0 rings (SSSR count). The molecule has 0 radical (unpaired) electrons. The van der Waals surface area contributed by atoms with Gasteiger partial charge in [-0.3, -0.25) is 5.84 Å². The Hall–Kier alpha value is -0.0800. The molecule has 0 aliphatic rings. The standard InChI is InChI=1S/C9H22N2/c1-4-6-7-8-11(10)9(3)5-2/h9H,4-8,10H2,1-3H3. The Morgan fingerprint density at radius 3 is 2.36 bits per heavy atom. The lowest BCUT2D eigenvalue weighted by atomic mass is 10.2. The molecule has 0 aliphatic carbocycles. The molecule has 11 heavy (non-hydrogen) atoms. The van der Waals surface area contributed by atoms with E-state index >= 15 is 0 Å². The van der Waals surface area contributed by atoms with Gasteiger partial charge >= 0.3 is 0 Å². The van der Waals surface area contributed by atoms with Crippen molar-refractivity contribution in [3.8, 4) is 0 Å². The van der Waals surface area contributed by atoms with E-state index < -0.39 is 0 Å². The highest BCUT2D eigenvalue weighted by Gasteiger charge is 2.05. The number of hydrogen-bond acceptors (Lipinski definition) is 2. The van der Waals surface area contributed by atoms with Crippen molar-refractivity contribution in [2.24, 2.45) is 5.84 Å². The van der Waals surface area contributed by atoms with Gasteiger partial charge in [-0.2, -0.15) is 0 Å². The second kappa shape index (κ2) is 6.62. The van der Waals surface area contributed by atoms with Gasteiger partial charge in [-0.15, -0.1) is 0 Å². The van der Waals surface area contributed by atoms with Crippen LogP contribution in [0, 0.1) is 0 Å². The smallest absolute Gasteiger partial charge is 0.0210 e. The summed E-state index contributed by atoms with van der Waals surface area (Å²) >= 11 is 0. The lowest BCUT2D eigenvalue weighted by molar-refractivity contribution is 0.205. The monoisotopic (exact) mass is 158 g/mol. The fourth-order valence-corrected chi connectivity index (χ4v) is 0.999. The van der Waals surface area contributed by atoms with Crippen LogP contribution in [0.2, 0.25) is 0 Å². The van der Waals surface area contributed by atoms with Gasteiger partial charge in [0.15, 0.2) is 0 Å². The molecule has 1 atom stereocenters. The van der Waals surface area contributed by atoms with Crippen molar-refractivity contribution < 1.29 is 0 Å². The first-order valence-electron chi connectivity index (χ1n) is 4.73. The Bertz CT molecular complexity index is 83.6. The largest absolute Gasteiger partial charge is 0.269 e. The molecule has 0 saturated carbocycles. The topological polar surface area (TPSA) is 29.3 Å². The van der Waals surface area contributed by atoms with E-state index in [1.165, 1.54) is 19.3 Å². The van der Waals surface area contributed by atoms with Gasteiger partial charge in [0.2, 0.25) is 0 Å². The van der Waals surface area contributed by atoms with Crippen LogP contribution in [0.5, 0.6) is 0 Å². The summed E-state index contributed by atoms with van der Waals surface area (Å²) in [5, 5.41) is 1.95. The molecule has 2 nitrogen and oxygen atoms in total. The van der Waals surface area contributed by atoms with E-state index in [0.717, 1.165) is 13.0 Å². The maximum absolute atomic E-state index is 5.80. The van der Waals surface area contributed by atoms with Crippen LogP contribution < -0.4 is 5.84 Å². The molecule has 0 aromatic rings.